The van der Waals surface area contributed by atoms with Crippen molar-refractivity contribution >= 4 is 5.97 Å². The topological polar surface area (TPSA) is 38.3 Å². The molecule has 1 N–H and O–H groups in total. The predicted molar refractivity (Wildman–Crippen MR) is 53.2 cm³/mol. The van der Waals surface area contributed by atoms with Crippen LogP contribution in [0.1, 0.15) is 27.7 Å². The lowest BCUT2D eigenvalue weighted by Crippen LogP contribution is -2.38. The Kier molecular flexibility index (Phi) is 5.39. The summed E-state index contributed by atoms with van der Waals surface area (Å²) in [5.74, 6) is -0.0668. The van der Waals surface area contributed by atoms with Crippen LogP contribution in [0.2, 0.25) is 0 Å². The van der Waals surface area contributed by atoms with E-state index in [2.05, 4.69) is 11.9 Å². The van der Waals surface area contributed by atoms with Crippen LogP contribution in [0.25, 0.3) is 0 Å². The van der Waals surface area contributed by atoms with E-state index in [1.165, 1.54) is 0 Å². The van der Waals surface area contributed by atoms with E-state index in [0.717, 1.165) is 6.54 Å². The lowest BCUT2D eigenvalue weighted by molar-refractivity contribution is -0.148. The summed E-state index contributed by atoms with van der Waals surface area (Å²) in [5, 5.41) is 3.08. The molecule has 0 saturated carbocycles. The SMILES string of the molecule is C=C(C)C(=O)OC(NCC)C(C)C. The highest BCUT2D eigenvalue weighted by Crippen LogP contribution is 2.05. The van der Waals surface area contributed by atoms with Crippen LogP contribution in [0, 0.1) is 5.92 Å². The number of ether oxygens (including phenoxy) is 1. The summed E-state index contributed by atoms with van der Waals surface area (Å²) in [6.45, 7) is 11.9. The Morgan fingerprint density at radius 1 is 1.54 bits per heavy atom. The maximum atomic E-state index is 11.2. The largest absolute Gasteiger partial charge is 0.443 e. The van der Waals surface area contributed by atoms with Gasteiger partial charge in [-0.25, -0.2) is 4.79 Å². The first kappa shape index (κ1) is 12.2. The molecule has 1 unspecified atom stereocenters. The maximum absolute atomic E-state index is 11.2. The molecule has 13 heavy (non-hydrogen) atoms. The number of hydrogen-bond donors (Lipinski definition) is 1. The third-order valence-corrected chi connectivity index (χ3v) is 1.59. The van der Waals surface area contributed by atoms with Crippen LogP contribution >= 0.6 is 0 Å². The molecule has 0 aliphatic heterocycles. The first-order chi connectivity index (χ1) is 5.99. The normalized spacial score (nSPS) is 12.7. The third-order valence-electron chi connectivity index (χ3n) is 1.59. The number of carbonyl (C=O) groups is 1. The summed E-state index contributed by atoms with van der Waals surface area (Å²) < 4.78 is 5.16. The third kappa shape index (κ3) is 4.68. The van der Waals surface area contributed by atoms with Gasteiger partial charge in [0.25, 0.3) is 0 Å². The molecule has 0 spiro atoms. The highest BCUT2D eigenvalue weighted by molar-refractivity contribution is 5.87. The van der Waals surface area contributed by atoms with E-state index in [1.54, 1.807) is 6.92 Å². The van der Waals surface area contributed by atoms with Gasteiger partial charge < -0.3 is 4.74 Å². The molecule has 0 aliphatic rings. The Balaban J connectivity index is 4.09. The minimum atomic E-state index is -0.334. The fourth-order valence-corrected chi connectivity index (χ4v) is 0.831. The monoisotopic (exact) mass is 185 g/mol. The Hall–Kier alpha value is -0.830. The minimum absolute atomic E-state index is 0.214. The zero-order valence-electron chi connectivity index (χ0n) is 8.89. The van der Waals surface area contributed by atoms with Crippen LogP contribution in [-0.2, 0) is 9.53 Å². The van der Waals surface area contributed by atoms with Gasteiger partial charge >= 0.3 is 5.97 Å². The quantitative estimate of drug-likeness (QED) is 0.402. The molecule has 0 aromatic carbocycles. The van der Waals surface area contributed by atoms with Gasteiger partial charge in [0.2, 0.25) is 0 Å². The van der Waals surface area contributed by atoms with E-state index in [-0.39, 0.29) is 18.1 Å². The first-order valence-electron chi connectivity index (χ1n) is 4.58. The molecule has 0 saturated heterocycles. The molecule has 0 aromatic heterocycles. The van der Waals surface area contributed by atoms with Crippen LogP contribution in [0.5, 0.6) is 0 Å². The van der Waals surface area contributed by atoms with Gasteiger partial charge in [-0.2, -0.15) is 0 Å². The van der Waals surface area contributed by atoms with Gasteiger partial charge in [-0.1, -0.05) is 27.4 Å². The molecule has 0 amide bonds. The average Bonchev–Trinajstić information content (AvgIpc) is 2.03. The van der Waals surface area contributed by atoms with E-state index in [1.807, 2.05) is 20.8 Å². The van der Waals surface area contributed by atoms with Crippen LogP contribution in [0.3, 0.4) is 0 Å². The number of nitrogens with one attached hydrogen (secondary N) is 1. The van der Waals surface area contributed by atoms with Crippen LogP contribution < -0.4 is 5.32 Å². The van der Waals surface area contributed by atoms with Gasteiger partial charge in [0.1, 0.15) is 0 Å². The van der Waals surface area contributed by atoms with E-state index >= 15 is 0 Å². The van der Waals surface area contributed by atoms with Gasteiger partial charge in [0, 0.05) is 11.5 Å². The van der Waals surface area contributed by atoms with E-state index in [4.69, 9.17) is 4.74 Å². The maximum Gasteiger partial charge on any atom is 0.334 e. The Labute approximate surface area is 80.2 Å². The van der Waals surface area contributed by atoms with Crippen molar-refractivity contribution in [3.8, 4) is 0 Å². The number of esters is 1. The summed E-state index contributed by atoms with van der Waals surface area (Å²) in [5.41, 5.74) is 0.434. The van der Waals surface area contributed by atoms with Crippen molar-refractivity contribution in [2.24, 2.45) is 5.92 Å². The summed E-state index contributed by atoms with van der Waals surface area (Å²) in [6.07, 6.45) is -0.214. The molecule has 0 aromatic rings. The molecule has 0 fully saturated rings. The van der Waals surface area contributed by atoms with Crippen LogP contribution in [0.15, 0.2) is 12.2 Å². The van der Waals surface area contributed by atoms with Crippen molar-refractivity contribution in [3.05, 3.63) is 12.2 Å². The van der Waals surface area contributed by atoms with E-state index < -0.39 is 0 Å². The summed E-state index contributed by atoms with van der Waals surface area (Å²) >= 11 is 0. The standard InChI is InChI=1S/C10H19NO2/c1-6-11-9(7(2)3)13-10(12)8(4)5/h7,9,11H,4,6H2,1-3,5H3. The van der Waals surface area contributed by atoms with Crippen molar-refractivity contribution in [2.75, 3.05) is 6.54 Å². The second-order valence-corrected chi connectivity index (χ2v) is 3.41. The summed E-state index contributed by atoms with van der Waals surface area (Å²) in [7, 11) is 0. The lowest BCUT2D eigenvalue weighted by Gasteiger charge is -2.21. The molecule has 1 atom stereocenters. The smallest absolute Gasteiger partial charge is 0.334 e. The van der Waals surface area contributed by atoms with Crippen LogP contribution in [-0.4, -0.2) is 18.7 Å². The lowest BCUT2D eigenvalue weighted by atomic mass is 10.2. The van der Waals surface area contributed by atoms with E-state index in [9.17, 15) is 4.79 Å². The first-order valence-corrected chi connectivity index (χ1v) is 4.58. The van der Waals surface area contributed by atoms with Gasteiger partial charge in [0.05, 0.1) is 0 Å². The van der Waals surface area contributed by atoms with Crippen LogP contribution in [0.4, 0.5) is 0 Å². The summed E-state index contributed by atoms with van der Waals surface area (Å²) in [6, 6.07) is 0. The molecule has 0 heterocycles. The fourth-order valence-electron chi connectivity index (χ4n) is 0.831. The zero-order valence-corrected chi connectivity index (χ0v) is 8.89. The van der Waals surface area contributed by atoms with Crippen molar-refractivity contribution in [1.29, 1.82) is 0 Å². The molecule has 3 heteroatoms. The highest BCUT2D eigenvalue weighted by Gasteiger charge is 2.16. The molecule has 0 rings (SSSR count). The molecular formula is C10H19NO2. The molecule has 0 aliphatic carbocycles. The Morgan fingerprint density at radius 3 is 2.38 bits per heavy atom. The highest BCUT2D eigenvalue weighted by atomic mass is 16.6. The number of carbonyl (C=O) groups excluding carboxylic acids is 1. The average molecular weight is 185 g/mol. The second kappa shape index (κ2) is 5.75. The number of rotatable bonds is 5. The molecule has 76 valence electrons. The molecule has 0 bridgehead atoms. The fraction of sp³-hybridized carbons (Fsp3) is 0.700. The minimum Gasteiger partial charge on any atom is -0.443 e. The van der Waals surface area contributed by atoms with Crippen molar-refractivity contribution in [3.63, 3.8) is 0 Å². The Morgan fingerprint density at radius 2 is 2.08 bits per heavy atom. The van der Waals surface area contributed by atoms with Crippen molar-refractivity contribution in [1.82, 2.24) is 5.32 Å². The van der Waals surface area contributed by atoms with Gasteiger partial charge in [-0.3, -0.25) is 5.32 Å². The van der Waals surface area contributed by atoms with Crippen molar-refractivity contribution < 1.29 is 9.53 Å². The molecular weight excluding hydrogens is 166 g/mol. The summed E-state index contributed by atoms with van der Waals surface area (Å²) in [4.78, 5) is 11.2. The van der Waals surface area contributed by atoms with Gasteiger partial charge in [0.15, 0.2) is 6.23 Å². The predicted octanol–water partition coefficient (Wildman–Crippen LogP) is 1.70. The van der Waals surface area contributed by atoms with Crippen molar-refractivity contribution in [2.45, 2.75) is 33.9 Å². The van der Waals surface area contributed by atoms with E-state index in [0.29, 0.717) is 5.57 Å². The second-order valence-electron chi connectivity index (χ2n) is 3.41. The van der Waals surface area contributed by atoms with Gasteiger partial charge in [-0.05, 0) is 13.5 Å². The number of hydrogen-bond acceptors (Lipinski definition) is 3. The Bertz CT molecular complexity index is 187. The molecule has 0 radical (unpaired) electrons. The molecule has 3 nitrogen and oxygen atoms in total. The van der Waals surface area contributed by atoms with Gasteiger partial charge in [-0.15, -0.1) is 0 Å². The zero-order chi connectivity index (χ0) is 10.4.